The molecule has 17 heavy (non-hydrogen) atoms. The molecular weight excluding hydrogens is 212 g/mol. The molecule has 0 saturated heterocycles. The highest BCUT2D eigenvalue weighted by atomic mass is 16.5. The lowest BCUT2D eigenvalue weighted by Gasteiger charge is -2.08. The highest BCUT2D eigenvalue weighted by Gasteiger charge is 2.09. The minimum atomic E-state index is -0.124. The van der Waals surface area contributed by atoms with Gasteiger partial charge in [0.2, 0.25) is 0 Å². The first-order valence-electron chi connectivity index (χ1n) is 6.96. The highest BCUT2D eigenvalue weighted by molar-refractivity contribution is 5.89. The Kier molecular flexibility index (Phi) is 9.89. The first kappa shape index (κ1) is 16.2. The quantitative estimate of drug-likeness (QED) is 0.333. The molecule has 100 valence electrons. The fourth-order valence-corrected chi connectivity index (χ4v) is 1.84. The van der Waals surface area contributed by atoms with E-state index in [9.17, 15) is 4.79 Å². The van der Waals surface area contributed by atoms with Crippen LogP contribution in [0.25, 0.3) is 0 Å². The number of carbonyl (C=O) groups excluding carboxylic acids is 1. The van der Waals surface area contributed by atoms with Crippen LogP contribution in [0.4, 0.5) is 0 Å². The predicted molar refractivity (Wildman–Crippen MR) is 73.0 cm³/mol. The molecule has 0 aliphatic carbocycles. The number of hydrogen-bond donors (Lipinski definition) is 0. The number of hydrogen-bond acceptors (Lipinski definition) is 2. The zero-order chi connectivity index (χ0) is 13.1. The van der Waals surface area contributed by atoms with Crippen molar-refractivity contribution in [1.29, 1.82) is 0 Å². The minimum absolute atomic E-state index is 0.124. The van der Waals surface area contributed by atoms with E-state index in [-0.39, 0.29) is 5.97 Å². The third-order valence-electron chi connectivity index (χ3n) is 2.93. The van der Waals surface area contributed by atoms with E-state index < -0.39 is 0 Å². The van der Waals surface area contributed by atoms with E-state index in [1.807, 2.05) is 20.8 Å². The molecule has 0 aromatic rings. The summed E-state index contributed by atoms with van der Waals surface area (Å²) in [7, 11) is 0. The topological polar surface area (TPSA) is 26.3 Å². The van der Waals surface area contributed by atoms with Crippen LogP contribution in [0.2, 0.25) is 0 Å². The molecular formula is C15H28O2. The summed E-state index contributed by atoms with van der Waals surface area (Å²) in [5, 5.41) is 0. The van der Waals surface area contributed by atoms with Gasteiger partial charge in [-0.1, -0.05) is 51.5 Å². The molecule has 0 N–H and O–H groups in total. The molecule has 0 radical (unpaired) electrons. The SMILES string of the molecule is CCCCCCCCOC(=O)C(CC)=C(C)C. The zero-order valence-corrected chi connectivity index (χ0v) is 12.0. The number of allylic oxidation sites excluding steroid dienone is 1. The van der Waals surface area contributed by atoms with Crippen LogP contribution in [0, 0.1) is 0 Å². The van der Waals surface area contributed by atoms with Crippen molar-refractivity contribution in [2.45, 2.75) is 72.6 Å². The van der Waals surface area contributed by atoms with Crippen LogP contribution in [0.5, 0.6) is 0 Å². The molecule has 0 bridgehead atoms. The minimum Gasteiger partial charge on any atom is -0.462 e. The summed E-state index contributed by atoms with van der Waals surface area (Å²) < 4.78 is 5.27. The Morgan fingerprint density at radius 3 is 2.06 bits per heavy atom. The standard InChI is InChI=1S/C15H28O2/c1-5-7-8-9-10-11-12-17-15(16)14(6-2)13(3)4/h5-12H2,1-4H3. The second-order valence-electron chi connectivity index (χ2n) is 4.74. The summed E-state index contributed by atoms with van der Waals surface area (Å²) in [6.07, 6.45) is 8.08. The number of ether oxygens (including phenoxy) is 1. The average molecular weight is 240 g/mol. The van der Waals surface area contributed by atoms with Crippen molar-refractivity contribution >= 4 is 5.97 Å². The molecule has 0 heterocycles. The maximum atomic E-state index is 11.7. The zero-order valence-electron chi connectivity index (χ0n) is 12.0. The fraction of sp³-hybridized carbons (Fsp3) is 0.800. The summed E-state index contributed by atoms with van der Waals surface area (Å²) in [5.41, 5.74) is 1.90. The molecule has 0 aromatic heterocycles. The molecule has 0 fully saturated rings. The molecule has 0 unspecified atom stereocenters. The monoisotopic (exact) mass is 240 g/mol. The number of carbonyl (C=O) groups is 1. The molecule has 0 amide bonds. The molecule has 0 aliphatic rings. The maximum Gasteiger partial charge on any atom is 0.333 e. The molecule has 0 atom stereocenters. The van der Waals surface area contributed by atoms with Crippen LogP contribution < -0.4 is 0 Å². The average Bonchev–Trinajstić information content (AvgIpc) is 2.28. The molecule has 0 aromatic carbocycles. The molecule has 0 aliphatic heterocycles. The summed E-state index contributed by atoms with van der Waals surface area (Å²) in [5.74, 6) is -0.124. The van der Waals surface area contributed by atoms with Gasteiger partial charge in [-0.3, -0.25) is 0 Å². The van der Waals surface area contributed by atoms with Gasteiger partial charge >= 0.3 is 5.97 Å². The lowest BCUT2D eigenvalue weighted by atomic mass is 10.1. The van der Waals surface area contributed by atoms with E-state index >= 15 is 0 Å². The third-order valence-corrected chi connectivity index (χ3v) is 2.93. The Labute approximate surface area is 106 Å². The van der Waals surface area contributed by atoms with Crippen LogP contribution in [0.1, 0.15) is 72.6 Å². The maximum absolute atomic E-state index is 11.7. The van der Waals surface area contributed by atoms with E-state index in [4.69, 9.17) is 4.74 Å². The van der Waals surface area contributed by atoms with Gasteiger partial charge in [-0.25, -0.2) is 4.79 Å². The van der Waals surface area contributed by atoms with E-state index in [2.05, 4.69) is 6.92 Å². The predicted octanol–water partition coefficient (Wildman–Crippen LogP) is 4.64. The molecule has 2 heteroatoms. The second kappa shape index (κ2) is 10.4. The van der Waals surface area contributed by atoms with Gasteiger partial charge in [-0.05, 0) is 26.7 Å². The van der Waals surface area contributed by atoms with Crippen molar-refractivity contribution in [2.75, 3.05) is 6.61 Å². The van der Waals surface area contributed by atoms with Crippen LogP contribution in [-0.4, -0.2) is 12.6 Å². The van der Waals surface area contributed by atoms with Crippen LogP contribution >= 0.6 is 0 Å². The summed E-state index contributed by atoms with van der Waals surface area (Å²) >= 11 is 0. The van der Waals surface area contributed by atoms with Gasteiger partial charge in [0.05, 0.1) is 6.61 Å². The fourth-order valence-electron chi connectivity index (χ4n) is 1.84. The molecule has 0 spiro atoms. The summed E-state index contributed by atoms with van der Waals surface area (Å²) in [6, 6.07) is 0. The Morgan fingerprint density at radius 2 is 1.53 bits per heavy atom. The van der Waals surface area contributed by atoms with Crippen LogP contribution in [-0.2, 0) is 9.53 Å². The number of rotatable bonds is 9. The third kappa shape index (κ3) is 8.00. The van der Waals surface area contributed by atoms with Crippen molar-refractivity contribution in [3.8, 4) is 0 Å². The Balaban J connectivity index is 3.62. The normalized spacial score (nSPS) is 10.1. The molecule has 0 saturated carbocycles. The largest absolute Gasteiger partial charge is 0.462 e. The highest BCUT2D eigenvalue weighted by Crippen LogP contribution is 2.11. The number of unbranched alkanes of at least 4 members (excludes halogenated alkanes) is 5. The van der Waals surface area contributed by atoms with Gasteiger partial charge < -0.3 is 4.74 Å². The first-order valence-corrected chi connectivity index (χ1v) is 6.96. The van der Waals surface area contributed by atoms with Crippen molar-refractivity contribution in [3.63, 3.8) is 0 Å². The van der Waals surface area contributed by atoms with Gasteiger partial charge in [-0.15, -0.1) is 0 Å². The van der Waals surface area contributed by atoms with Crippen molar-refractivity contribution in [1.82, 2.24) is 0 Å². The lowest BCUT2D eigenvalue weighted by Crippen LogP contribution is -2.09. The van der Waals surface area contributed by atoms with Crippen molar-refractivity contribution in [2.24, 2.45) is 0 Å². The summed E-state index contributed by atoms with van der Waals surface area (Å²) in [4.78, 5) is 11.7. The molecule has 2 nitrogen and oxygen atoms in total. The second-order valence-corrected chi connectivity index (χ2v) is 4.74. The van der Waals surface area contributed by atoms with E-state index in [0.29, 0.717) is 6.61 Å². The van der Waals surface area contributed by atoms with Crippen molar-refractivity contribution < 1.29 is 9.53 Å². The first-order chi connectivity index (χ1) is 8.13. The molecule has 0 rings (SSSR count). The van der Waals surface area contributed by atoms with Gasteiger partial charge in [0.25, 0.3) is 0 Å². The van der Waals surface area contributed by atoms with Gasteiger partial charge in [0, 0.05) is 5.57 Å². The van der Waals surface area contributed by atoms with E-state index in [1.54, 1.807) is 0 Å². The Bertz CT molecular complexity index is 237. The van der Waals surface area contributed by atoms with E-state index in [1.165, 1.54) is 32.1 Å². The van der Waals surface area contributed by atoms with Crippen LogP contribution in [0.3, 0.4) is 0 Å². The van der Waals surface area contributed by atoms with Crippen LogP contribution in [0.15, 0.2) is 11.1 Å². The van der Waals surface area contributed by atoms with Gasteiger partial charge in [0.15, 0.2) is 0 Å². The smallest absolute Gasteiger partial charge is 0.333 e. The van der Waals surface area contributed by atoms with Gasteiger partial charge in [-0.2, -0.15) is 0 Å². The Morgan fingerprint density at radius 1 is 0.941 bits per heavy atom. The summed E-state index contributed by atoms with van der Waals surface area (Å²) in [6.45, 7) is 8.71. The van der Waals surface area contributed by atoms with E-state index in [0.717, 1.165) is 24.0 Å². The van der Waals surface area contributed by atoms with Gasteiger partial charge in [0.1, 0.15) is 0 Å². The number of esters is 1. The Hall–Kier alpha value is -0.790. The van der Waals surface area contributed by atoms with Crippen molar-refractivity contribution in [3.05, 3.63) is 11.1 Å². The lowest BCUT2D eigenvalue weighted by molar-refractivity contribution is -0.139.